The summed E-state index contributed by atoms with van der Waals surface area (Å²) in [6.07, 6.45) is 0. The van der Waals surface area contributed by atoms with Gasteiger partial charge >= 0.3 is 37.7 Å². The molecule has 0 heterocycles. The van der Waals surface area contributed by atoms with Gasteiger partial charge in [-0.15, -0.1) is 0 Å². The van der Waals surface area contributed by atoms with Gasteiger partial charge in [0.2, 0.25) is 0 Å². The molecule has 24 valence electrons. The molecular weight excluding hydrogens is 316 g/mol. The first kappa shape index (κ1) is 35.0. The molecule has 4 heteroatoms. The summed E-state index contributed by atoms with van der Waals surface area (Å²) in [7, 11) is 0. The molecule has 0 aromatic heterocycles. The van der Waals surface area contributed by atoms with Gasteiger partial charge in [-0.3, -0.25) is 9.41 Å². The fraction of sp³-hybridized carbons (Fsp3) is 0. The van der Waals surface area contributed by atoms with E-state index in [1.807, 2.05) is 0 Å². The standard InChI is InChI=1S/Ca.2FH.U.2H/h;2*1H;;;/q+2;;;;2*-1. The van der Waals surface area contributed by atoms with E-state index in [1.54, 1.807) is 0 Å². The Kier molecular flexibility index (Phi) is 167. The molecule has 0 nitrogen and oxygen atoms in total. The summed E-state index contributed by atoms with van der Waals surface area (Å²) in [6.45, 7) is 0. The molecule has 0 spiro atoms. The van der Waals surface area contributed by atoms with Gasteiger partial charge in [-0.25, -0.2) is 0 Å². The Morgan fingerprint density at radius 2 is 1.00 bits per heavy atom. The van der Waals surface area contributed by atoms with Crippen LogP contribution in [0, 0.1) is 31.1 Å². The van der Waals surface area contributed by atoms with Crippen molar-refractivity contribution >= 4 is 37.7 Å². The van der Waals surface area contributed by atoms with Crippen molar-refractivity contribution in [2.75, 3.05) is 0 Å². The van der Waals surface area contributed by atoms with Crippen molar-refractivity contribution in [3.8, 4) is 0 Å². The van der Waals surface area contributed by atoms with Gasteiger partial charge < -0.3 is 2.85 Å². The summed E-state index contributed by atoms with van der Waals surface area (Å²) in [4.78, 5) is 0. The summed E-state index contributed by atoms with van der Waals surface area (Å²) in [6, 6.07) is 0. The second-order valence-corrected chi connectivity index (χ2v) is 0. The van der Waals surface area contributed by atoms with Crippen molar-refractivity contribution in [2.24, 2.45) is 0 Å². The van der Waals surface area contributed by atoms with Gasteiger partial charge in [-0.05, 0) is 0 Å². The average molecular weight is 320 g/mol. The molecule has 0 aromatic carbocycles. The molecule has 0 N–H and O–H groups in total. The largest absolute Gasteiger partial charge is 2.00 e. The summed E-state index contributed by atoms with van der Waals surface area (Å²) in [5.41, 5.74) is 0. The van der Waals surface area contributed by atoms with E-state index < -0.39 is 0 Å². The zero-order chi connectivity index (χ0) is 0. The first-order valence-electron chi connectivity index (χ1n) is 0. The second-order valence-electron chi connectivity index (χ2n) is 0. The smallest absolute Gasteiger partial charge is 1.00 e. The van der Waals surface area contributed by atoms with Crippen LogP contribution < -0.4 is 0 Å². The molecule has 0 aliphatic carbocycles. The van der Waals surface area contributed by atoms with Crippen LogP contribution in [0.3, 0.4) is 0 Å². The van der Waals surface area contributed by atoms with Gasteiger partial charge in [-0.2, -0.15) is 0 Å². The molecule has 0 radical (unpaired) electrons. The van der Waals surface area contributed by atoms with Crippen LogP contribution in [-0.2, 0) is 0 Å². The predicted molar refractivity (Wildman–Crippen MR) is 13.0 cm³/mol. The van der Waals surface area contributed by atoms with E-state index in [0.717, 1.165) is 0 Å². The van der Waals surface area contributed by atoms with E-state index in [1.165, 1.54) is 0 Å². The van der Waals surface area contributed by atoms with E-state index >= 15 is 0 Å². The predicted octanol–water partition coefficient (Wildman–Crippen LogP) is 0.149. The number of rotatable bonds is 0. The fourth-order valence-electron chi connectivity index (χ4n) is 0. The van der Waals surface area contributed by atoms with E-state index in [4.69, 9.17) is 0 Å². The molecule has 0 saturated heterocycles. The van der Waals surface area contributed by atoms with Crippen LogP contribution in [0.1, 0.15) is 2.85 Å². The van der Waals surface area contributed by atoms with Crippen LogP contribution in [0.25, 0.3) is 0 Å². The Morgan fingerprint density at radius 3 is 1.00 bits per heavy atom. The quantitative estimate of drug-likeness (QED) is 0.558. The Morgan fingerprint density at radius 1 is 1.00 bits per heavy atom. The van der Waals surface area contributed by atoms with Crippen molar-refractivity contribution in [3.05, 3.63) is 0 Å². The van der Waals surface area contributed by atoms with Gasteiger partial charge in [0.1, 0.15) is 0 Å². The van der Waals surface area contributed by atoms with Crippen molar-refractivity contribution in [2.45, 2.75) is 0 Å². The third kappa shape index (κ3) is 8.90. The molecule has 0 fully saturated rings. The molecule has 0 aliphatic heterocycles. The first-order valence-corrected chi connectivity index (χ1v) is 0. The second kappa shape index (κ2) is 19.1. The van der Waals surface area contributed by atoms with E-state index in [0.29, 0.717) is 0 Å². The minimum Gasteiger partial charge on any atom is -1.00 e. The Labute approximate surface area is 79.8 Å². The molecule has 0 aromatic rings. The van der Waals surface area contributed by atoms with Crippen LogP contribution in [0.15, 0.2) is 0 Å². The van der Waals surface area contributed by atoms with Crippen LogP contribution in [-0.4, -0.2) is 37.7 Å². The fourth-order valence-corrected chi connectivity index (χ4v) is 0. The van der Waals surface area contributed by atoms with Crippen LogP contribution in [0.2, 0.25) is 0 Å². The van der Waals surface area contributed by atoms with Gasteiger partial charge in [0.15, 0.2) is 0 Å². The summed E-state index contributed by atoms with van der Waals surface area (Å²) >= 11 is 0. The summed E-state index contributed by atoms with van der Waals surface area (Å²) < 4.78 is 0. The summed E-state index contributed by atoms with van der Waals surface area (Å²) in [5.74, 6) is 0. The van der Waals surface area contributed by atoms with E-state index in [2.05, 4.69) is 0 Å². The molecule has 0 atom stereocenters. The zero-order valence-corrected chi connectivity index (χ0v) is 8.40. The minimum atomic E-state index is 0. The third-order valence-corrected chi connectivity index (χ3v) is 0. The van der Waals surface area contributed by atoms with Crippen molar-refractivity contribution < 1.29 is 43.4 Å². The topological polar surface area (TPSA) is 0 Å². The van der Waals surface area contributed by atoms with Crippen molar-refractivity contribution in [1.29, 1.82) is 0 Å². The Bertz CT molecular complexity index is 11.5. The normalized spacial score (nSPS) is 0. The van der Waals surface area contributed by atoms with Crippen LogP contribution in [0.4, 0.5) is 9.41 Å². The van der Waals surface area contributed by atoms with Crippen molar-refractivity contribution in [1.82, 2.24) is 0 Å². The minimum absolute atomic E-state index is 0. The maximum Gasteiger partial charge on any atom is 2.00 e. The maximum atomic E-state index is 0. The molecular formula is H4CaF2U. The number of hydrogen-bond donors (Lipinski definition) is 0. The van der Waals surface area contributed by atoms with Gasteiger partial charge in [-0.1, -0.05) is 0 Å². The van der Waals surface area contributed by atoms with Crippen LogP contribution in [0.5, 0.6) is 0 Å². The monoisotopic (exact) mass is 320 g/mol. The average Bonchev–Trinajstić information content (AvgIpc) is 0. The SMILES string of the molecule is F.F.[Ca+2].[H-].[H-].[U]. The molecule has 0 saturated carbocycles. The van der Waals surface area contributed by atoms with Gasteiger partial charge in [0.25, 0.3) is 0 Å². The summed E-state index contributed by atoms with van der Waals surface area (Å²) in [5, 5.41) is 0. The number of halogens is 2. The molecule has 0 unspecified atom stereocenters. The molecule has 0 aliphatic rings. The molecule has 4 heavy (non-hydrogen) atoms. The third-order valence-electron chi connectivity index (χ3n) is 0. The zero-order valence-electron chi connectivity index (χ0n) is 4.02. The Balaban J connectivity index is 0. The molecule has 0 amide bonds. The molecule has 0 rings (SSSR count). The van der Waals surface area contributed by atoms with Gasteiger partial charge in [0.05, 0.1) is 0 Å². The van der Waals surface area contributed by atoms with Crippen LogP contribution >= 0.6 is 0 Å². The van der Waals surface area contributed by atoms with Crippen molar-refractivity contribution in [3.63, 3.8) is 0 Å². The Hall–Kier alpha value is 2.17. The number of hydrogen-bond acceptors (Lipinski definition) is 0. The van der Waals surface area contributed by atoms with E-state index in [9.17, 15) is 0 Å². The first-order chi connectivity index (χ1) is 0. The molecule has 0 bridgehead atoms. The maximum absolute atomic E-state index is 0. The van der Waals surface area contributed by atoms with E-state index in [-0.39, 0.29) is 81.1 Å². The van der Waals surface area contributed by atoms with Gasteiger partial charge in [0, 0.05) is 31.1 Å².